The normalized spacial score (nSPS) is 15.5. The molecule has 5 heteroatoms. The molecule has 1 unspecified atom stereocenters. The molecule has 4 nitrogen and oxygen atoms in total. The van der Waals surface area contributed by atoms with E-state index in [0.29, 0.717) is 5.25 Å². The van der Waals surface area contributed by atoms with E-state index in [9.17, 15) is 5.11 Å². The molecule has 2 heterocycles. The molecule has 0 aliphatic carbocycles. The Bertz CT molecular complexity index is 1450. The van der Waals surface area contributed by atoms with Crippen molar-refractivity contribution in [3.05, 3.63) is 103 Å². The molecule has 1 aliphatic heterocycles. The topological polar surface area (TPSA) is 40.8 Å². The molecule has 1 saturated heterocycles. The number of aromatic hydroxyl groups is 1. The highest BCUT2D eigenvalue weighted by atomic mass is 32.2. The highest BCUT2D eigenvalue weighted by Gasteiger charge is 2.25. The van der Waals surface area contributed by atoms with Crippen LogP contribution < -0.4 is 5.01 Å². The minimum Gasteiger partial charge on any atom is -0.508 e. The number of hydrogen-bond acceptors (Lipinski definition) is 4. The number of nitrogens with zero attached hydrogens (tertiary/aromatic N) is 3. The number of phenolic OH excluding ortho intramolecular Hbond substituents is 1. The molecule has 6 rings (SSSR count). The number of anilines is 1. The Morgan fingerprint density at radius 1 is 0.879 bits per heavy atom. The maximum atomic E-state index is 9.73. The van der Waals surface area contributed by atoms with Crippen molar-refractivity contribution in [2.45, 2.75) is 5.25 Å². The zero-order valence-corrected chi connectivity index (χ0v) is 18.8. The van der Waals surface area contributed by atoms with E-state index >= 15 is 0 Å². The van der Waals surface area contributed by atoms with E-state index in [0.717, 1.165) is 34.5 Å². The summed E-state index contributed by atoms with van der Waals surface area (Å²) in [5, 5.41) is 19.8. The molecule has 4 aromatic carbocycles. The smallest absolute Gasteiger partial charge is 0.115 e. The van der Waals surface area contributed by atoms with Crippen molar-refractivity contribution >= 4 is 45.5 Å². The van der Waals surface area contributed by atoms with Crippen LogP contribution in [0.4, 0.5) is 5.69 Å². The van der Waals surface area contributed by atoms with Crippen LogP contribution in [0.2, 0.25) is 0 Å². The number of hydrazone groups is 1. The highest BCUT2D eigenvalue weighted by molar-refractivity contribution is 8.06. The first kappa shape index (κ1) is 19.9. The van der Waals surface area contributed by atoms with Crippen LogP contribution in [0.1, 0.15) is 5.56 Å². The fourth-order valence-corrected chi connectivity index (χ4v) is 4.76. The lowest BCUT2D eigenvalue weighted by atomic mass is 10.1. The number of benzene rings is 4. The second-order valence-electron chi connectivity index (χ2n) is 8.26. The first-order chi connectivity index (χ1) is 16.3. The monoisotopic (exact) mass is 449 g/mol. The van der Waals surface area contributed by atoms with E-state index in [1.54, 1.807) is 12.1 Å². The van der Waals surface area contributed by atoms with Gasteiger partial charge in [0.25, 0.3) is 0 Å². The Morgan fingerprint density at radius 2 is 1.61 bits per heavy atom. The summed E-state index contributed by atoms with van der Waals surface area (Å²) in [6.07, 6.45) is 1.96. The molecule has 1 fully saturated rings. The van der Waals surface area contributed by atoms with E-state index in [1.165, 1.54) is 16.5 Å². The summed E-state index contributed by atoms with van der Waals surface area (Å²) >= 11 is 1.98. The molecule has 1 N–H and O–H groups in total. The molecule has 0 bridgehead atoms. The third-order valence-corrected chi connectivity index (χ3v) is 6.94. The van der Waals surface area contributed by atoms with Crippen LogP contribution in [0.25, 0.3) is 27.5 Å². The van der Waals surface area contributed by atoms with Crippen LogP contribution in [-0.2, 0) is 0 Å². The quantitative estimate of drug-likeness (QED) is 0.184. The van der Waals surface area contributed by atoms with E-state index in [4.69, 9.17) is 5.10 Å². The van der Waals surface area contributed by atoms with E-state index in [1.807, 2.05) is 36.2 Å². The Kier molecular flexibility index (Phi) is 5.04. The lowest BCUT2D eigenvalue weighted by molar-refractivity contribution is 0.475. The molecular formula is C28H23N3OS. The van der Waals surface area contributed by atoms with Gasteiger partial charge in [0.1, 0.15) is 5.75 Å². The Labute approximate surface area is 196 Å². The summed E-state index contributed by atoms with van der Waals surface area (Å²) in [4.78, 5) is 0. The van der Waals surface area contributed by atoms with Crippen LogP contribution in [0, 0.1) is 0 Å². The first-order valence-electron chi connectivity index (χ1n) is 11.1. The summed E-state index contributed by atoms with van der Waals surface area (Å²) in [5.41, 5.74) is 5.49. The van der Waals surface area contributed by atoms with Gasteiger partial charge in [-0.05, 0) is 60.2 Å². The number of hydrogen-bond donors (Lipinski definition) is 1. The fourth-order valence-electron chi connectivity index (χ4n) is 4.27. The van der Waals surface area contributed by atoms with E-state index in [2.05, 4.69) is 76.3 Å². The van der Waals surface area contributed by atoms with Crippen molar-refractivity contribution < 1.29 is 5.11 Å². The van der Waals surface area contributed by atoms with Gasteiger partial charge in [-0.15, -0.1) is 0 Å². The molecule has 1 aromatic heterocycles. The van der Waals surface area contributed by atoms with Gasteiger partial charge in [0.2, 0.25) is 0 Å². The number of aromatic nitrogens is 1. The molecule has 5 aromatic rings. The highest BCUT2D eigenvalue weighted by Crippen LogP contribution is 2.34. The minimum absolute atomic E-state index is 0.269. The third-order valence-electron chi connectivity index (χ3n) is 5.98. The van der Waals surface area contributed by atoms with Gasteiger partial charge in [-0.1, -0.05) is 42.5 Å². The van der Waals surface area contributed by atoms with Gasteiger partial charge in [-0.25, -0.2) is 0 Å². The SMILES string of the molecule is Oc1ccc(-n2c3ccccc3c3cc(/C=N/N(CC4CS4)c4ccccc4)ccc32)cc1. The Hall–Kier alpha value is -3.70. The molecule has 33 heavy (non-hydrogen) atoms. The number of rotatable bonds is 6. The van der Waals surface area contributed by atoms with Gasteiger partial charge in [0.05, 0.1) is 29.5 Å². The zero-order valence-electron chi connectivity index (χ0n) is 18.0. The largest absolute Gasteiger partial charge is 0.508 e. The number of para-hydroxylation sites is 2. The van der Waals surface area contributed by atoms with Crippen molar-refractivity contribution in [2.24, 2.45) is 5.10 Å². The molecule has 1 atom stereocenters. The van der Waals surface area contributed by atoms with Crippen molar-refractivity contribution in [3.8, 4) is 11.4 Å². The van der Waals surface area contributed by atoms with Crippen molar-refractivity contribution in [2.75, 3.05) is 17.3 Å². The van der Waals surface area contributed by atoms with Crippen LogP contribution in [0.3, 0.4) is 0 Å². The van der Waals surface area contributed by atoms with Crippen molar-refractivity contribution in [3.63, 3.8) is 0 Å². The number of fused-ring (bicyclic) bond motifs is 3. The van der Waals surface area contributed by atoms with Crippen LogP contribution in [-0.4, -0.2) is 33.4 Å². The van der Waals surface area contributed by atoms with Gasteiger partial charge < -0.3 is 9.67 Å². The van der Waals surface area contributed by atoms with E-state index < -0.39 is 0 Å². The van der Waals surface area contributed by atoms with E-state index in [-0.39, 0.29) is 5.75 Å². The predicted octanol–water partition coefficient (Wildman–Crippen LogP) is 6.45. The molecule has 1 aliphatic rings. The molecule has 0 amide bonds. The van der Waals surface area contributed by atoms with Gasteiger partial charge in [-0.3, -0.25) is 5.01 Å². The number of thioether (sulfide) groups is 1. The minimum atomic E-state index is 0.269. The lowest BCUT2D eigenvalue weighted by Gasteiger charge is -2.18. The first-order valence-corrected chi connectivity index (χ1v) is 12.1. The fraction of sp³-hybridized carbons (Fsp3) is 0.107. The molecule has 0 saturated carbocycles. The second kappa shape index (κ2) is 8.34. The summed E-state index contributed by atoms with van der Waals surface area (Å²) in [6, 6.07) is 32.7. The van der Waals surface area contributed by atoms with Crippen LogP contribution >= 0.6 is 11.8 Å². The van der Waals surface area contributed by atoms with Crippen molar-refractivity contribution in [1.29, 1.82) is 0 Å². The zero-order chi connectivity index (χ0) is 22.2. The summed E-state index contributed by atoms with van der Waals surface area (Å²) in [7, 11) is 0. The Morgan fingerprint density at radius 3 is 2.39 bits per heavy atom. The summed E-state index contributed by atoms with van der Waals surface area (Å²) < 4.78 is 2.24. The lowest BCUT2D eigenvalue weighted by Crippen LogP contribution is -2.21. The summed E-state index contributed by atoms with van der Waals surface area (Å²) in [6.45, 7) is 0.924. The van der Waals surface area contributed by atoms with Gasteiger partial charge in [0.15, 0.2) is 0 Å². The maximum absolute atomic E-state index is 9.73. The average molecular weight is 450 g/mol. The maximum Gasteiger partial charge on any atom is 0.115 e. The van der Waals surface area contributed by atoms with Gasteiger partial charge in [0, 0.05) is 27.5 Å². The van der Waals surface area contributed by atoms with Crippen molar-refractivity contribution in [1.82, 2.24) is 4.57 Å². The third kappa shape index (κ3) is 3.96. The Balaban J connectivity index is 1.42. The molecular weight excluding hydrogens is 426 g/mol. The average Bonchev–Trinajstić information content (AvgIpc) is 3.63. The molecule has 0 radical (unpaired) electrons. The van der Waals surface area contributed by atoms with Crippen LogP contribution in [0.5, 0.6) is 5.75 Å². The molecule has 0 spiro atoms. The molecule has 162 valence electrons. The van der Waals surface area contributed by atoms with Gasteiger partial charge in [-0.2, -0.15) is 16.9 Å². The predicted molar refractivity (Wildman–Crippen MR) is 140 cm³/mol. The standard InChI is InChI=1S/C28H23N3OS/c32-23-13-11-22(12-14-23)31-27-9-5-4-8-25(27)26-16-20(10-15-28(26)31)17-29-30(18-24-19-33-24)21-6-2-1-3-7-21/h1-17,24,32H,18-19H2/b29-17+. The second-order valence-corrected chi connectivity index (χ2v) is 9.60. The van der Waals surface area contributed by atoms with Gasteiger partial charge >= 0.3 is 0 Å². The summed E-state index contributed by atoms with van der Waals surface area (Å²) in [5.74, 6) is 1.48. The number of phenols is 1. The van der Waals surface area contributed by atoms with Crippen LogP contribution in [0.15, 0.2) is 102 Å².